The average molecular weight is 311 g/mol. The predicted octanol–water partition coefficient (Wildman–Crippen LogP) is 2.64. The maximum atomic E-state index is 6.55. The molecular formula is C16H23ClN2O2. The number of ether oxygens (including phenoxy) is 2. The van der Waals surface area contributed by atoms with E-state index in [-0.39, 0.29) is 0 Å². The third-order valence-electron chi connectivity index (χ3n) is 4.10. The minimum absolute atomic E-state index is 0.358. The molecule has 1 N–H and O–H groups in total. The van der Waals surface area contributed by atoms with Crippen molar-refractivity contribution in [1.29, 1.82) is 0 Å². The zero-order chi connectivity index (χ0) is 14.8. The molecule has 0 aliphatic carbocycles. The summed E-state index contributed by atoms with van der Waals surface area (Å²) in [6.45, 7) is 10.7. The lowest BCUT2D eigenvalue weighted by molar-refractivity contribution is 0.168. The summed E-state index contributed by atoms with van der Waals surface area (Å²) in [5.74, 6) is 2.04. The number of hydrogen-bond donors (Lipinski definition) is 1. The van der Waals surface area contributed by atoms with Crippen molar-refractivity contribution >= 4 is 11.6 Å². The van der Waals surface area contributed by atoms with Gasteiger partial charge in [-0.1, -0.05) is 25.4 Å². The van der Waals surface area contributed by atoms with Crippen LogP contribution in [-0.2, 0) is 6.54 Å². The van der Waals surface area contributed by atoms with Crippen molar-refractivity contribution in [1.82, 2.24) is 10.2 Å². The Labute approximate surface area is 131 Å². The van der Waals surface area contributed by atoms with Gasteiger partial charge in [-0.3, -0.25) is 4.90 Å². The van der Waals surface area contributed by atoms with E-state index in [0.29, 0.717) is 19.1 Å². The van der Waals surface area contributed by atoms with Gasteiger partial charge < -0.3 is 14.8 Å². The van der Waals surface area contributed by atoms with Crippen molar-refractivity contribution in [2.75, 3.05) is 39.4 Å². The zero-order valence-corrected chi connectivity index (χ0v) is 13.5. The molecule has 3 rings (SSSR count). The van der Waals surface area contributed by atoms with E-state index < -0.39 is 0 Å². The van der Waals surface area contributed by atoms with E-state index in [0.717, 1.165) is 49.2 Å². The van der Waals surface area contributed by atoms with Crippen molar-refractivity contribution in [3.05, 3.63) is 22.2 Å². The summed E-state index contributed by atoms with van der Waals surface area (Å²) >= 11 is 6.55. The lowest BCUT2D eigenvalue weighted by Crippen LogP contribution is -2.43. The van der Waals surface area contributed by atoms with Gasteiger partial charge >= 0.3 is 0 Å². The molecule has 21 heavy (non-hydrogen) atoms. The molecule has 2 aliphatic rings. The zero-order valence-electron chi connectivity index (χ0n) is 12.7. The number of nitrogens with one attached hydrogen (secondary N) is 1. The Balaban J connectivity index is 1.97. The van der Waals surface area contributed by atoms with Crippen LogP contribution in [0.5, 0.6) is 11.5 Å². The van der Waals surface area contributed by atoms with Gasteiger partial charge in [0, 0.05) is 49.4 Å². The molecule has 2 aliphatic heterocycles. The first kappa shape index (κ1) is 14.9. The van der Waals surface area contributed by atoms with E-state index >= 15 is 0 Å². The summed E-state index contributed by atoms with van der Waals surface area (Å²) in [4.78, 5) is 2.44. The van der Waals surface area contributed by atoms with Crippen LogP contribution in [0.3, 0.4) is 0 Å². The van der Waals surface area contributed by atoms with Crippen LogP contribution >= 0.6 is 11.6 Å². The molecule has 0 atom stereocenters. The first-order chi connectivity index (χ1) is 10.2. The molecule has 0 bridgehead atoms. The lowest BCUT2D eigenvalue weighted by Gasteiger charge is -2.31. The summed E-state index contributed by atoms with van der Waals surface area (Å²) in [6.07, 6.45) is 0. The van der Waals surface area contributed by atoms with Gasteiger partial charge in [0.05, 0.1) is 0 Å². The Kier molecular flexibility index (Phi) is 4.57. The lowest BCUT2D eigenvalue weighted by atomic mass is 9.94. The molecule has 0 radical (unpaired) electrons. The van der Waals surface area contributed by atoms with E-state index in [9.17, 15) is 0 Å². The molecule has 4 nitrogen and oxygen atoms in total. The van der Waals surface area contributed by atoms with Crippen LogP contribution < -0.4 is 14.8 Å². The number of benzene rings is 1. The fourth-order valence-electron chi connectivity index (χ4n) is 3.08. The summed E-state index contributed by atoms with van der Waals surface area (Å²) in [5.41, 5.74) is 2.40. The van der Waals surface area contributed by atoms with Crippen molar-refractivity contribution in [3.8, 4) is 11.5 Å². The maximum Gasteiger partial charge on any atom is 0.165 e. The minimum Gasteiger partial charge on any atom is -0.486 e. The minimum atomic E-state index is 0.358. The predicted molar refractivity (Wildman–Crippen MR) is 84.7 cm³/mol. The van der Waals surface area contributed by atoms with Crippen LogP contribution in [0.2, 0.25) is 5.02 Å². The van der Waals surface area contributed by atoms with E-state index in [1.54, 1.807) is 0 Å². The Morgan fingerprint density at radius 1 is 1.24 bits per heavy atom. The van der Waals surface area contributed by atoms with Crippen LogP contribution in [-0.4, -0.2) is 44.3 Å². The van der Waals surface area contributed by atoms with Crippen molar-refractivity contribution in [2.24, 2.45) is 0 Å². The summed E-state index contributed by atoms with van der Waals surface area (Å²) < 4.78 is 11.6. The molecule has 1 aromatic rings. The van der Waals surface area contributed by atoms with Crippen LogP contribution in [0.25, 0.3) is 0 Å². The molecule has 5 heteroatoms. The molecule has 0 aromatic heterocycles. The van der Waals surface area contributed by atoms with Crippen LogP contribution in [0.4, 0.5) is 0 Å². The Hall–Kier alpha value is -0.970. The number of rotatable bonds is 3. The molecule has 1 aromatic carbocycles. The third kappa shape index (κ3) is 3.12. The van der Waals surface area contributed by atoms with Gasteiger partial charge in [-0.15, -0.1) is 0 Å². The highest BCUT2D eigenvalue weighted by Gasteiger charge is 2.25. The normalized spacial score (nSPS) is 19.0. The number of nitrogens with zero attached hydrogens (tertiary/aromatic N) is 1. The highest BCUT2D eigenvalue weighted by atomic mass is 35.5. The second kappa shape index (κ2) is 6.42. The second-order valence-electron chi connectivity index (χ2n) is 5.96. The summed E-state index contributed by atoms with van der Waals surface area (Å²) in [7, 11) is 0. The number of fused-ring (bicyclic) bond motifs is 1. The molecule has 0 spiro atoms. The highest BCUT2D eigenvalue weighted by Crippen LogP contribution is 2.43. The van der Waals surface area contributed by atoms with Crippen LogP contribution in [0, 0.1) is 0 Å². The van der Waals surface area contributed by atoms with Gasteiger partial charge in [0.1, 0.15) is 13.2 Å². The first-order valence-corrected chi connectivity index (χ1v) is 8.08. The molecule has 2 heterocycles. The smallest absolute Gasteiger partial charge is 0.165 e. The molecule has 0 unspecified atom stereocenters. The van der Waals surface area contributed by atoms with Gasteiger partial charge in [0.2, 0.25) is 0 Å². The third-order valence-corrected chi connectivity index (χ3v) is 4.43. The number of hydrogen-bond acceptors (Lipinski definition) is 4. The molecule has 1 saturated heterocycles. The monoisotopic (exact) mass is 310 g/mol. The molecule has 0 saturated carbocycles. The molecule has 0 amide bonds. The van der Waals surface area contributed by atoms with Crippen LogP contribution in [0.15, 0.2) is 6.07 Å². The topological polar surface area (TPSA) is 33.7 Å². The summed E-state index contributed by atoms with van der Waals surface area (Å²) in [6, 6.07) is 1.92. The number of halogens is 1. The van der Waals surface area contributed by atoms with Gasteiger partial charge in [-0.25, -0.2) is 0 Å². The fraction of sp³-hybridized carbons (Fsp3) is 0.625. The highest BCUT2D eigenvalue weighted by molar-refractivity contribution is 6.31. The van der Waals surface area contributed by atoms with Gasteiger partial charge in [0.25, 0.3) is 0 Å². The quantitative estimate of drug-likeness (QED) is 0.930. The van der Waals surface area contributed by atoms with E-state index in [1.165, 1.54) is 11.1 Å². The number of piperazine rings is 1. The van der Waals surface area contributed by atoms with Gasteiger partial charge in [-0.2, -0.15) is 0 Å². The SMILES string of the molecule is CC(C)c1c(CN2CCNCC2)c(Cl)cc2c1OCCO2. The maximum absolute atomic E-state index is 6.55. The standard InChI is InChI=1S/C16H23ClN2O2/c1-11(2)15-12(10-19-5-3-18-4-6-19)13(17)9-14-16(15)21-8-7-20-14/h9,11,18H,3-8,10H2,1-2H3. The van der Waals surface area contributed by atoms with E-state index in [1.807, 2.05) is 6.07 Å². The Morgan fingerprint density at radius 2 is 1.95 bits per heavy atom. The fourth-order valence-corrected chi connectivity index (χ4v) is 3.34. The van der Waals surface area contributed by atoms with Crippen molar-refractivity contribution < 1.29 is 9.47 Å². The van der Waals surface area contributed by atoms with Gasteiger partial charge in [0.15, 0.2) is 11.5 Å². The first-order valence-electron chi connectivity index (χ1n) is 7.70. The average Bonchev–Trinajstić information content (AvgIpc) is 2.48. The molecule has 1 fully saturated rings. The summed E-state index contributed by atoms with van der Waals surface area (Å²) in [5, 5.41) is 4.18. The van der Waals surface area contributed by atoms with Crippen LogP contribution in [0.1, 0.15) is 30.9 Å². The second-order valence-corrected chi connectivity index (χ2v) is 6.36. The molecular weight excluding hydrogens is 288 g/mol. The largest absolute Gasteiger partial charge is 0.486 e. The Morgan fingerprint density at radius 3 is 2.67 bits per heavy atom. The van der Waals surface area contributed by atoms with E-state index in [4.69, 9.17) is 21.1 Å². The van der Waals surface area contributed by atoms with Crippen molar-refractivity contribution in [3.63, 3.8) is 0 Å². The Bertz CT molecular complexity index is 513. The van der Waals surface area contributed by atoms with Crippen molar-refractivity contribution in [2.45, 2.75) is 26.3 Å². The van der Waals surface area contributed by atoms with E-state index in [2.05, 4.69) is 24.1 Å². The van der Waals surface area contributed by atoms with Gasteiger partial charge in [-0.05, 0) is 11.5 Å². The molecule has 116 valence electrons.